The predicted octanol–water partition coefficient (Wildman–Crippen LogP) is 0.887. The molecule has 0 saturated carbocycles. The van der Waals surface area contributed by atoms with Crippen molar-refractivity contribution in [2.75, 3.05) is 12.0 Å². The fraction of sp³-hybridized carbons (Fsp3) is 0.467. The first-order valence-corrected chi connectivity index (χ1v) is 8.70. The number of carboxylic acid groups (broad SMARTS) is 1. The molecule has 0 aliphatic rings. The fourth-order valence-corrected chi connectivity index (χ4v) is 2.63. The molecule has 10 heteroatoms. The van der Waals surface area contributed by atoms with E-state index in [0.29, 0.717) is 18.2 Å². The Morgan fingerprint density at radius 3 is 2.52 bits per heavy atom. The van der Waals surface area contributed by atoms with Gasteiger partial charge in [-0.05, 0) is 29.7 Å². The van der Waals surface area contributed by atoms with E-state index >= 15 is 0 Å². The third-order valence-electron chi connectivity index (χ3n) is 3.48. The van der Waals surface area contributed by atoms with Crippen molar-refractivity contribution in [1.82, 2.24) is 5.32 Å². The number of hydrogen-bond acceptors (Lipinski definition) is 4. The molecule has 1 aromatic rings. The molecule has 0 unspecified atom stereocenters. The van der Waals surface area contributed by atoms with E-state index in [1.807, 2.05) is 6.26 Å². The highest BCUT2D eigenvalue weighted by atomic mass is 32.2. The van der Waals surface area contributed by atoms with E-state index in [9.17, 15) is 33.0 Å². The summed E-state index contributed by atoms with van der Waals surface area (Å²) in [7, 11) is 0. The first-order valence-electron chi connectivity index (χ1n) is 7.30. The van der Waals surface area contributed by atoms with Crippen molar-refractivity contribution in [2.45, 2.75) is 31.1 Å². The van der Waals surface area contributed by atoms with Crippen molar-refractivity contribution in [3.05, 3.63) is 29.3 Å². The molecule has 0 aliphatic heterocycles. The molecule has 0 saturated heterocycles. The SMILES string of the molecule is CSCC[C@H]([NH3+])C(=O)N[C@@H](Cc1ccc(O)cc1C(F)(F)F)C(=O)O. The van der Waals surface area contributed by atoms with E-state index in [2.05, 4.69) is 11.1 Å². The van der Waals surface area contributed by atoms with Gasteiger partial charge in [0.15, 0.2) is 6.04 Å². The highest BCUT2D eigenvalue weighted by molar-refractivity contribution is 7.98. The monoisotopic (exact) mass is 381 g/mol. The Morgan fingerprint density at radius 1 is 1.36 bits per heavy atom. The second-order valence-electron chi connectivity index (χ2n) is 5.42. The normalized spacial score (nSPS) is 14.0. The lowest BCUT2D eigenvalue weighted by molar-refractivity contribution is -0.404. The van der Waals surface area contributed by atoms with Gasteiger partial charge in [-0.2, -0.15) is 24.9 Å². The summed E-state index contributed by atoms with van der Waals surface area (Å²) in [6.45, 7) is 0. The van der Waals surface area contributed by atoms with Crippen LogP contribution in [-0.2, 0) is 22.2 Å². The number of nitrogens with one attached hydrogen (secondary N) is 1. The average molecular weight is 381 g/mol. The Morgan fingerprint density at radius 2 is 2.00 bits per heavy atom. The topological polar surface area (TPSA) is 114 Å². The number of alkyl halides is 3. The van der Waals surface area contributed by atoms with Gasteiger partial charge >= 0.3 is 12.1 Å². The average Bonchev–Trinajstić information content (AvgIpc) is 2.52. The van der Waals surface area contributed by atoms with Gasteiger partial charge in [0.25, 0.3) is 5.91 Å². The number of aliphatic carboxylic acids is 1. The Kier molecular flexibility index (Phi) is 7.56. The van der Waals surface area contributed by atoms with Gasteiger partial charge in [-0.1, -0.05) is 6.07 Å². The van der Waals surface area contributed by atoms with Crippen LogP contribution in [0.5, 0.6) is 5.75 Å². The summed E-state index contributed by atoms with van der Waals surface area (Å²) in [5.74, 6) is -2.02. The van der Waals surface area contributed by atoms with Crippen molar-refractivity contribution in [3.63, 3.8) is 0 Å². The number of rotatable bonds is 8. The third-order valence-corrected chi connectivity index (χ3v) is 4.12. The number of carboxylic acids is 1. The minimum absolute atomic E-state index is 0.331. The molecule has 0 heterocycles. The number of thioether (sulfide) groups is 1. The van der Waals surface area contributed by atoms with Gasteiger partial charge in [-0.25, -0.2) is 4.79 Å². The molecule has 140 valence electrons. The molecule has 0 radical (unpaired) electrons. The zero-order chi connectivity index (χ0) is 19.2. The number of carbonyl (C=O) groups is 2. The van der Waals surface area contributed by atoms with E-state index in [-0.39, 0.29) is 5.56 Å². The van der Waals surface area contributed by atoms with Crippen LogP contribution in [0.2, 0.25) is 0 Å². The second kappa shape index (κ2) is 8.95. The molecule has 0 aromatic heterocycles. The van der Waals surface area contributed by atoms with Gasteiger partial charge < -0.3 is 21.3 Å². The minimum Gasteiger partial charge on any atom is -0.508 e. The van der Waals surface area contributed by atoms with Crippen molar-refractivity contribution >= 4 is 23.6 Å². The van der Waals surface area contributed by atoms with Gasteiger partial charge in [0.1, 0.15) is 11.8 Å². The molecule has 2 atom stereocenters. The number of hydrogen-bond donors (Lipinski definition) is 4. The number of amides is 1. The Hall–Kier alpha value is -1.94. The van der Waals surface area contributed by atoms with E-state index in [1.165, 1.54) is 11.8 Å². The highest BCUT2D eigenvalue weighted by Crippen LogP contribution is 2.34. The molecule has 1 amide bonds. The fourth-order valence-electron chi connectivity index (χ4n) is 2.11. The summed E-state index contributed by atoms with van der Waals surface area (Å²) in [5.41, 5.74) is 2.16. The number of halogens is 3. The molecule has 0 spiro atoms. The van der Waals surface area contributed by atoms with Gasteiger partial charge in [-0.15, -0.1) is 0 Å². The zero-order valence-corrected chi connectivity index (χ0v) is 14.3. The van der Waals surface area contributed by atoms with Crippen LogP contribution in [0.1, 0.15) is 17.5 Å². The van der Waals surface area contributed by atoms with Crippen LogP contribution >= 0.6 is 11.8 Å². The van der Waals surface area contributed by atoms with Crippen molar-refractivity contribution in [1.29, 1.82) is 0 Å². The lowest BCUT2D eigenvalue weighted by Crippen LogP contribution is -2.68. The van der Waals surface area contributed by atoms with E-state index in [0.717, 1.165) is 12.1 Å². The van der Waals surface area contributed by atoms with Gasteiger partial charge in [0.05, 0.1) is 5.56 Å². The summed E-state index contributed by atoms with van der Waals surface area (Å²) in [5, 5.41) is 20.7. The van der Waals surface area contributed by atoms with Gasteiger partial charge in [0.2, 0.25) is 0 Å². The van der Waals surface area contributed by atoms with Crippen LogP contribution < -0.4 is 11.1 Å². The minimum atomic E-state index is -4.76. The number of benzene rings is 1. The summed E-state index contributed by atoms with van der Waals surface area (Å²) in [6.07, 6.45) is -3.06. The maximum atomic E-state index is 13.1. The molecule has 25 heavy (non-hydrogen) atoms. The van der Waals surface area contributed by atoms with Crippen LogP contribution in [0.15, 0.2) is 18.2 Å². The number of phenols is 1. The van der Waals surface area contributed by atoms with Crippen molar-refractivity contribution < 1.29 is 38.7 Å². The van der Waals surface area contributed by atoms with Crippen LogP contribution in [0.25, 0.3) is 0 Å². The number of carbonyl (C=O) groups excluding carboxylic acids is 1. The molecular weight excluding hydrogens is 361 g/mol. The van der Waals surface area contributed by atoms with E-state index in [4.69, 9.17) is 0 Å². The van der Waals surface area contributed by atoms with Crippen molar-refractivity contribution in [3.8, 4) is 5.75 Å². The summed E-state index contributed by atoms with van der Waals surface area (Å²) >= 11 is 1.50. The smallest absolute Gasteiger partial charge is 0.416 e. The Balaban J connectivity index is 2.96. The summed E-state index contributed by atoms with van der Waals surface area (Å²) in [4.78, 5) is 23.3. The molecule has 6 nitrogen and oxygen atoms in total. The standard InChI is InChI=1S/C15H19F3N2O4S/c1-25-5-4-11(19)13(22)20-12(14(23)24)6-8-2-3-9(21)7-10(8)15(16,17)18/h2-3,7,11-12,21H,4-6,19H2,1H3,(H,20,22)(H,23,24)/p+1/t11-,12-/m0/s1. The van der Waals surface area contributed by atoms with Crippen LogP contribution in [0, 0.1) is 0 Å². The largest absolute Gasteiger partial charge is 0.508 e. The Bertz CT molecular complexity index is 625. The lowest BCUT2D eigenvalue weighted by Gasteiger charge is -2.19. The van der Waals surface area contributed by atoms with Crippen LogP contribution in [0.3, 0.4) is 0 Å². The third kappa shape index (κ3) is 6.46. The quantitative estimate of drug-likeness (QED) is 0.534. The molecule has 6 N–H and O–H groups in total. The van der Waals surface area contributed by atoms with Gasteiger partial charge in [0, 0.05) is 12.8 Å². The zero-order valence-electron chi connectivity index (χ0n) is 13.5. The number of aromatic hydroxyl groups is 1. The molecule has 0 bridgehead atoms. The summed E-state index contributed by atoms with van der Waals surface area (Å²) < 4.78 is 39.2. The maximum Gasteiger partial charge on any atom is 0.416 e. The molecular formula is C15H20F3N2O4S+. The lowest BCUT2D eigenvalue weighted by atomic mass is 9.99. The number of quaternary nitrogens is 1. The molecule has 1 aromatic carbocycles. The first kappa shape index (κ1) is 21.1. The Labute approximate surface area is 146 Å². The van der Waals surface area contributed by atoms with E-state index in [1.54, 1.807) is 0 Å². The molecule has 0 aliphatic carbocycles. The van der Waals surface area contributed by atoms with Crippen LogP contribution in [-0.4, -0.2) is 46.2 Å². The van der Waals surface area contributed by atoms with Gasteiger partial charge in [-0.3, -0.25) is 4.79 Å². The molecule has 0 fully saturated rings. The van der Waals surface area contributed by atoms with E-state index < -0.39 is 47.9 Å². The van der Waals surface area contributed by atoms with Crippen molar-refractivity contribution in [2.24, 2.45) is 0 Å². The van der Waals surface area contributed by atoms with Crippen LogP contribution in [0.4, 0.5) is 13.2 Å². The highest BCUT2D eigenvalue weighted by Gasteiger charge is 2.35. The molecule has 1 rings (SSSR count). The second-order valence-corrected chi connectivity index (χ2v) is 6.41. The first-order chi connectivity index (χ1) is 11.6. The summed E-state index contributed by atoms with van der Waals surface area (Å²) in [6, 6.07) is 0.329. The number of phenolic OH excluding ortho intramolecular Hbond substituents is 1. The maximum absolute atomic E-state index is 13.1. The predicted molar refractivity (Wildman–Crippen MR) is 86.1 cm³/mol.